The predicted octanol–water partition coefficient (Wildman–Crippen LogP) is -0.405. The standard InChI is InChI=1S/2C8H16BO5PS.C8H16BO4PS2/c2*1-12-6-5(4-14-15(3,10)11)16-8(9)7(6)13-2;1-11-6-5(4-13-14(3,10)15)16-8(9)7(6)12-2/h2*5-8H,4H2,1-3H3,(H,10,11);5-8H,4H2,1-3H3,(H,10,15)/p-3. The number of methoxy groups -OCH3 is 6. The first-order valence-electron chi connectivity index (χ1n) is 14.4. The second-order valence-electron chi connectivity index (χ2n) is 10.8. The van der Waals surface area contributed by atoms with E-state index in [9.17, 15) is 23.8 Å². The molecule has 3 fully saturated rings. The van der Waals surface area contributed by atoms with Gasteiger partial charge in [-0.1, -0.05) is 11.8 Å². The Kier molecular flexibility index (Phi) is 22.3. The molecule has 0 bridgehead atoms. The highest BCUT2D eigenvalue weighted by Gasteiger charge is 2.44. The summed E-state index contributed by atoms with van der Waals surface area (Å²) < 4.78 is 68.1. The summed E-state index contributed by atoms with van der Waals surface area (Å²) in [6, 6.07) is 0. The highest BCUT2D eigenvalue weighted by atomic mass is 32.5. The largest absolute Gasteiger partial charge is 0.801 e. The van der Waals surface area contributed by atoms with Gasteiger partial charge in [-0.2, -0.15) is 35.3 Å². The van der Waals surface area contributed by atoms with E-state index in [1.807, 2.05) is 0 Å². The number of rotatable bonds is 15. The van der Waals surface area contributed by atoms with Crippen LogP contribution in [0.25, 0.3) is 0 Å². The first kappa shape index (κ1) is 47.9. The molecule has 3 aliphatic rings. The smallest absolute Gasteiger partial charge is 0.131 e. The van der Waals surface area contributed by atoms with Gasteiger partial charge < -0.3 is 65.8 Å². The molecule has 48 heavy (non-hydrogen) atoms. The lowest BCUT2D eigenvalue weighted by molar-refractivity contribution is -0.198. The summed E-state index contributed by atoms with van der Waals surface area (Å²) in [7, 11) is 19.6. The van der Waals surface area contributed by atoms with E-state index < -0.39 is 21.7 Å². The van der Waals surface area contributed by atoms with Gasteiger partial charge in [-0.25, -0.2) is 0 Å². The van der Waals surface area contributed by atoms with Gasteiger partial charge in [0.1, 0.15) is 15.2 Å². The summed E-state index contributed by atoms with van der Waals surface area (Å²) in [5.41, 5.74) is 0. The third-order valence-electron chi connectivity index (χ3n) is 7.09. The van der Waals surface area contributed by atoms with Gasteiger partial charge in [0.05, 0.1) is 95.7 Å². The van der Waals surface area contributed by atoms with Crippen molar-refractivity contribution >= 4 is 92.3 Å². The Morgan fingerprint density at radius 2 is 0.750 bits per heavy atom. The minimum absolute atomic E-state index is 0.00109. The molecule has 6 radical (unpaired) electrons. The predicted molar refractivity (Wildman–Crippen MR) is 193 cm³/mol. The average molecular weight is 811 g/mol. The van der Waals surface area contributed by atoms with Gasteiger partial charge in [-0.05, 0) is 28.6 Å². The molecule has 0 aromatic heterocycles. The van der Waals surface area contributed by atoms with Crippen LogP contribution in [0, 0.1) is 0 Å². The second kappa shape index (κ2) is 22.3. The monoisotopic (exact) mass is 811 g/mol. The van der Waals surface area contributed by atoms with Crippen LogP contribution in [-0.2, 0) is 62.9 Å². The zero-order valence-corrected chi connectivity index (χ0v) is 34.4. The third-order valence-corrected chi connectivity index (χ3v) is 13.3. The Balaban J connectivity index is 0.000000360. The van der Waals surface area contributed by atoms with Crippen molar-refractivity contribution in [1.82, 2.24) is 0 Å². The maximum absolute atomic E-state index is 11.3. The zero-order chi connectivity index (χ0) is 37.0. The van der Waals surface area contributed by atoms with Crippen LogP contribution in [-0.4, -0.2) is 174 Å². The fraction of sp³-hybridized carbons (Fsp3) is 1.00. The van der Waals surface area contributed by atoms with Gasteiger partial charge in [0.25, 0.3) is 0 Å². The lowest BCUT2D eigenvalue weighted by Gasteiger charge is -2.27. The van der Waals surface area contributed by atoms with Crippen LogP contribution in [0.3, 0.4) is 0 Å². The molecule has 3 aliphatic heterocycles. The van der Waals surface area contributed by atoms with E-state index >= 15 is 0 Å². The summed E-state index contributed by atoms with van der Waals surface area (Å²) in [6.07, 6.45) is -1.33. The highest BCUT2D eigenvalue weighted by Crippen LogP contribution is 2.42. The van der Waals surface area contributed by atoms with Crippen molar-refractivity contribution in [3.8, 4) is 0 Å². The molecule has 0 aliphatic carbocycles. The molecule has 0 saturated carbocycles. The lowest BCUT2D eigenvalue weighted by Crippen LogP contribution is -2.37. The van der Waals surface area contributed by atoms with Gasteiger partial charge in [0.15, 0.2) is 0 Å². The summed E-state index contributed by atoms with van der Waals surface area (Å²) in [5.74, 6) is 0. The average Bonchev–Trinajstić information content (AvgIpc) is 3.60. The van der Waals surface area contributed by atoms with Crippen molar-refractivity contribution in [2.24, 2.45) is 0 Å². The number of thioether (sulfide) groups is 3. The minimum Gasteiger partial charge on any atom is -0.801 e. The van der Waals surface area contributed by atoms with Crippen LogP contribution < -0.4 is 14.7 Å². The molecular weight excluding hydrogens is 766 g/mol. The van der Waals surface area contributed by atoms with Crippen molar-refractivity contribution in [3.05, 3.63) is 0 Å². The number of ether oxygens (including phenoxy) is 6. The van der Waals surface area contributed by atoms with Crippen molar-refractivity contribution in [2.45, 2.75) is 67.8 Å². The van der Waals surface area contributed by atoms with Crippen LogP contribution in [0.2, 0.25) is 0 Å². The summed E-state index contributed by atoms with van der Waals surface area (Å²) in [6.45, 7) is 1.03. The van der Waals surface area contributed by atoms with E-state index in [1.54, 1.807) is 42.7 Å². The van der Waals surface area contributed by atoms with Gasteiger partial charge in [-0.15, -0.1) is 0 Å². The highest BCUT2D eigenvalue weighted by molar-refractivity contribution is 8.08. The van der Waals surface area contributed by atoms with Crippen LogP contribution >= 0.6 is 57.0 Å². The normalized spacial score (nSPS) is 38.5. The van der Waals surface area contributed by atoms with E-state index in [4.69, 9.17) is 77.3 Å². The molecule has 0 aromatic rings. The maximum Gasteiger partial charge on any atom is 0.131 e. The first-order chi connectivity index (χ1) is 22.2. The topological polar surface area (TPSA) is 186 Å². The molecule has 15 atom stereocenters. The quantitative estimate of drug-likeness (QED) is 0.153. The van der Waals surface area contributed by atoms with E-state index in [0.717, 1.165) is 13.3 Å². The molecule has 0 spiro atoms. The second-order valence-corrected chi connectivity index (χ2v) is 22.5. The first-order valence-corrected chi connectivity index (χ1v) is 24.2. The summed E-state index contributed by atoms with van der Waals surface area (Å²) >= 11 is 9.04. The molecule has 0 N–H and O–H groups in total. The van der Waals surface area contributed by atoms with Crippen molar-refractivity contribution in [1.29, 1.82) is 0 Å². The molecule has 14 nitrogen and oxygen atoms in total. The molecule has 3 saturated heterocycles. The zero-order valence-electron chi connectivity index (χ0n) is 28.5. The van der Waals surface area contributed by atoms with Crippen LogP contribution in [0.4, 0.5) is 0 Å². The van der Waals surface area contributed by atoms with E-state index in [0.29, 0.717) is 0 Å². The molecule has 276 valence electrons. The Labute approximate surface area is 307 Å². The van der Waals surface area contributed by atoms with Crippen LogP contribution in [0.15, 0.2) is 0 Å². The molecular formula is C24H45B3O14P3S4-3. The Morgan fingerprint density at radius 1 is 0.521 bits per heavy atom. The van der Waals surface area contributed by atoms with Gasteiger partial charge in [0, 0.05) is 56.0 Å². The molecule has 3 heterocycles. The Hall–Kier alpha value is 1.87. The van der Waals surface area contributed by atoms with Crippen LogP contribution in [0.1, 0.15) is 0 Å². The van der Waals surface area contributed by atoms with Crippen molar-refractivity contribution < 1.29 is 65.8 Å². The molecule has 24 heteroatoms. The SMILES string of the molecule is [B]C1SC(COP(C)(=O)[O-])C(OC)C1OC.[B]C1SC(COP(C)(=O)[O-])C(OC)C1OC.[B]C1SC(COP(C)([O-])=S)C(OC)C1OC. The third kappa shape index (κ3) is 16.5. The van der Waals surface area contributed by atoms with Gasteiger partial charge >= 0.3 is 0 Å². The van der Waals surface area contributed by atoms with Crippen molar-refractivity contribution in [2.75, 3.05) is 82.5 Å². The lowest BCUT2D eigenvalue weighted by atomic mass is 9.94. The van der Waals surface area contributed by atoms with Crippen LogP contribution in [0.5, 0.6) is 0 Å². The number of hydrogen-bond acceptors (Lipinski definition) is 18. The summed E-state index contributed by atoms with van der Waals surface area (Å²) in [4.78, 5) is 33.1. The fourth-order valence-electron chi connectivity index (χ4n) is 4.96. The fourth-order valence-corrected chi connectivity index (χ4v) is 10.9. The van der Waals surface area contributed by atoms with E-state index in [-0.39, 0.29) is 87.6 Å². The molecule has 15 unspecified atom stereocenters. The molecule has 0 aromatic carbocycles. The number of hydrogen-bond donors (Lipinski definition) is 0. The summed E-state index contributed by atoms with van der Waals surface area (Å²) in [5, 5.41) is -0.886. The Morgan fingerprint density at radius 3 is 0.938 bits per heavy atom. The van der Waals surface area contributed by atoms with Gasteiger partial charge in [0.2, 0.25) is 0 Å². The Bertz CT molecular complexity index is 950. The molecule has 0 amide bonds. The molecule has 3 rings (SSSR count). The van der Waals surface area contributed by atoms with E-state index in [2.05, 4.69) is 0 Å². The van der Waals surface area contributed by atoms with Gasteiger partial charge in [-0.3, -0.25) is 0 Å². The van der Waals surface area contributed by atoms with E-state index in [1.165, 1.54) is 42.0 Å². The van der Waals surface area contributed by atoms with Crippen molar-refractivity contribution in [3.63, 3.8) is 0 Å². The maximum atomic E-state index is 11.3. The minimum atomic E-state index is -3.70.